The molecule has 0 radical (unpaired) electrons. The van der Waals surface area contributed by atoms with Crippen LogP contribution in [0.4, 0.5) is 11.5 Å². The molecule has 2 N–H and O–H groups in total. The zero-order chi connectivity index (χ0) is 14.7. The molecule has 1 aliphatic heterocycles. The van der Waals surface area contributed by atoms with Gasteiger partial charge in [0.1, 0.15) is 5.82 Å². The number of hydrogen-bond donors (Lipinski definition) is 1. The van der Waals surface area contributed by atoms with Crippen molar-refractivity contribution in [3.63, 3.8) is 0 Å². The van der Waals surface area contributed by atoms with E-state index in [2.05, 4.69) is 41.8 Å². The number of nitrogens with two attached hydrogens (primary N) is 1. The minimum Gasteiger partial charge on any atom is -0.384 e. The van der Waals surface area contributed by atoms with E-state index in [1.807, 2.05) is 30.7 Å². The Balaban J connectivity index is 1.56. The molecule has 0 saturated carbocycles. The van der Waals surface area contributed by atoms with E-state index in [9.17, 15) is 0 Å². The number of pyridine rings is 2. The van der Waals surface area contributed by atoms with Gasteiger partial charge in [0.15, 0.2) is 0 Å². The topological polar surface area (TPSA) is 58.3 Å². The summed E-state index contributed by atoms with van der Waals surface area (Å²) in [4.78, 5) is 13.2. The maximum Gasteiger partial charge on any atom is 0.123 e. The summed E-state index contributed by atoms with van der Waals surface area (Å²) in [6, 6.07) is 6.02. The van der Waals surface area contributed by atoms with Gasteiger partial charge in [-0.15, -0.1) is 0 Å². The Labute approximate surface area is 132 Å². The maximum atomic E-state index is 5.63. The molecule has 3 rings (SSSR count). The van der Waals surface area contributed by atoms with Crippen LogP contribution in [0.15, 0.2) is 41.3 Å². The minimum atomic E-state index is 0.569. The Morgan fingerprint density at radius 3 is 2.57 bits per heavy atom. The third-order valence-corrected chi connectivity index (χ3v) is 4.11. The summed E-state index contributed by atoms with van der Waals surface area (Å²) in [5.74, 6) is 0.569. The van der Waals surface area contributed by atoms with Crippen LogP contribution in [0.5, 0.6) is 0 Å². The predicted octanol–water partition coefficient (Wildman–Crippen LogP) is 2.14. The van der Waals surface area contributed by atoms with Crippen molar-refractivity contribution in [3.05, 3.63) is 46.8 Å². The van der Waals surface area contributed by atoms with Gasteiger partial charge in [-0.1, -0.05) is 0 Å². The zero-order valence-corrected chi connectivity index (χ0v) is 13.3. The number of anilines is 2. The molecule has 0 amide bonds. The van der Waals surface area contributed by atoms with Crippen molar-refractivity contribution in [2.75, 3.05) is 36.8 Å². The first-order valence-corrected chi connectivity index (χ1v) is 7.78. The second-order valence-corrected chi connectivity index (χ2v) is 6.13. The van der Waals surface area contributed by atoms with Crippen molar-refractivity contribution >= 4 is 27.4 Å². The first kappa shape index (κ1) is 14.3. The van der Waals surface area contributed by atoms with Gasteiger partial charge < -0.3 is 10.6 Å². The average Bonchev–Trinajstić information content (AvgIpc) is 2.49. The van der Waals surface area contributed by atoms with Gasteiger partial charge in [0.05, 0.1) is 11.9 Å². The highest BCUT2D eigenvalue weighted by Gasteiger charge is 2.17. The molecule has 0 bridgehead atoms. The normalized spacial score (nSPS) is 16.1. The molecule has 0 spiro atoms. The summed E-state index contributed by atoms with van der Waals surface area (Å²) in [6.07, 6.45) is 5.60. The Morgan fingerprint density at radius 2 is 1.90 bits per heavy atom. The molecule has 1 fully saturated rings. The largest absolute Gasteiger partial charge is 0.384 e. The molecular formula is C15H18BrN5. The van der Waals surface area contributed by atoms with E-state index >= 15 is 0 Å². The number of piperazine rings is 1. The highest BCUT2D eigenvalue weighted by Crippen LogP contribution is 2.18. The highest BCUT2D eigenvalue weighted by atomic mass is 79.9. The van der Waals surface area contributed by atoms with Crippen molar-refractivity contribution in [3.8, 4) is 0 Å². The number of rotatable bonds is 3. The van der Waals surface area contributed by atoms with Crippen LogP contribution < -0.4 is 10.6 Å². The molecule has 2 aromatic rings. The third kappa shape index (κ3) is 3.71. The summed E-state index contributed by atoms with van der Waals surface area (Å²) in [7, 11) is 0. The lowest BCUT2D eigenvalue weighted by molar-refractivity contribution is 0.249. The molecule has 3 heterocycles. The van der Waals surface area contributed by atoms with Gasteiger partial charge in [-0.25, -0.2) is 4.98 Å². The van der Waals surface area contributed by atoms with Gasteiger partial charge in [-0.3, -0.25) is 9.88 Å². The van der Waals surface area contributed by atoms with Crippen LogP contribution in [0, 0.1) is 0 Å². The van der Waals surface area contributed by atoms with Gasteiger partial charge in [0, 0.05) is 49.6 Å². The molecule has 5 nitrogen and oxygen atoms in total. The van der Waals surface area contributed by atoms with Crippen molar-refractivity contribution in [1.29, 1.82) is 0 Å². The third-order valence-electron chi connectivity index (χ3n) is 3.68. The van der Waals surface area contributed by atoms with Gasteiger partial charge in [0.25, 0.3) is 0 Å². The monoisotopic (exact) mass is 347 g/mol. The van der Waals surface area contributed by atoms with Crippen LogP contribution in [0.1, 0.15) is 5.56 Å². The summed E-state index contributed by atoms with van der Waals surface area (Å²) >= 11 is 3.47. The van der Waals surface area contributed by atoms with E-state index in [1.54, 1.807) is 0 Å². The first-order valence-electron chi connectivity index (χ1n) is 6.99. The van der Waals surface area contributed by atoms with Crippen LogP contribution in [-0.2, 0) is 6.54 Å². The molecule has 1 aliphatic rings. The smallest absolute Gasteiger partial charge is 0.123 e. The van der Waals surface area contributed by atoms with E-state index in [-0.39, 0.29) is 0 Å². The van der Waals surface area contributed by atoms with Crippen LogP contribution in [0.3, 0.4) is 0 Å². The lowest BCUT2D eigenvalue weighted by atomic mass is 10.2. The SMILES string of the molecule is Nc1ccc(N2CCN(Cc3cncc(Br)c3)CC2)cn1. The molecule has 1 saturated heterocycles. The summed E-state index contributed by atoms with van der Waals surface area (Å²) in [6.45, 7) is 5.04. The minimum absolute atomic E-state index is 0.569. The van der Waals surface area contributed by atoms with Gasteiger partial charge in [-0.05, 0) is 39.7 Å². The Morgan fingerprint density at radius 1 is 1.10 bits per heavy atom. The van der Waals surface area contributed by atoms with Crippen LogP contribution in [0.2, 0.25) is 0 Å². The van der Waals surface area contributed by atoms with Crippen LogP contribution in [-0.4, -0.2) is 41.0 Å². The number of halogens is 1. The first-order chi connectivity index (χ1) is 10.2. The molecular weight excluding hydrogens is 330 g/mol. The fourth-order valence-corrected chi connectivity index (χ4v) is 2.96. The van der Waals surface area contributed by atoms with Crippen LogP contribution in [0.25, 0.3) is 0 Å². The highest BCUT2D eigenvalue weighted by molar-refractivity contribution is 9.10. The Kier molecular flexibility index (Phi) is 4.36. The Hall–Kier alpha value is -1.66. The zero-order valence-electron chi connectivity index (χ0n) is 11.7. The van der Waals surface area contributed by atoms with E-state index in [4.69, 9.17) is 5.73 Å². The van der Waals surface area contributed by atoms with E-state index in [0.29, 0.717) is 5.82 Å². The lowest BCUT2D eigenvalue weighted by Crippen LogP contribution is -2.46. The lowest BCUT2D eigenvalue weighted by Gasteiger charge is -2.35. The van der Waals surface area contributed by atoms with E-state index in [1.165, 1.54) is 5.56 Å². The quantitative estimate of drug-likeness (QED) is 0.921. The molecule has 110 valence electrons. The average molecular weight is 348 g/mol. The maximum absolute atomic E-state index is 5.63. The van der Waals surface area contributed by atoms with Gasteiger partial charge >= 0.3 is 0 Å². The molecule has 0 atom stereocenters. The van der Waals surface area contributed by atoms with Crippen LogP contribution >= 0.6 is 15.9 Å². The molecule has 21 heavy (non-hydrogen) atoms. The van der Waals surface area contributed by atoms with Crippen molar-refractivity contribution < 1.29 is 0 Å². The van der Waals surface area contributed by atoms with Crippen molar-refractivity contribution in [1.82, 2.24) is 14.9 Å². The fourth-order valence-electron chi connectivity index (χ4n) is 2.55. The van der Waals surface area contributed by atoms with Gasteiger partial charge in [0.2, 0.25) is 0 Å². The van der Waals surface area contributed by atoms with Crippen molar-refractivity contribution in [2.24, 2.45) is 0 Å². The molecule has 0 unspecified atom stereocenters. The summed E-state index contributed by atoms with van der Waals surface area (Å²) in [5.41, 5.74) is 8.02. The molecule has 0 aliphatic carbocycles. The molecule has 2 aromatic heterocycles. The second-order valence-electron chi connectivity index (χ2n) is 5.22. The summed E-state index contributed by atoms with van der Waals surface area (Å²) < 4.78 is 1.03. The molecule has 6 heteroatoms. The number of aromatic nitrogens is 2. The second kappa shape index (κ2) is 6.41. The van der Waals surface area contributed by atoms with E-state index < -0.39 is 0 Å². The molecule has 0 aromatic carbocycles. The van der Waals surface area contributed by atoms with E-state index in [0.717, 1.165) is 42.9 Å². The number of hydrogen-bond acceptors (Lipinski definition) is 5. The van der Waals surface area contributed by atoms with Crippen molar-refractivity contribution in [2.45, 2.75) is 6.54 Å². The van der Waals surface area contributed by atoms with Gasteiger partial charge in [-0.2, -0.15) is 0 Å². The fraction of sp³-hybridized carbons (Fsp3) is 0.333. The number of nitrogens with zero attached hydrogens (tertiary/aromatic N) is 4. The number of nitrogen functional groups attached to an aromatic ring is 1. The Bertz CT molecular complexity index is 593. The summed E-state index contributed by atoms with van der Waals surface area (Å²) in [5, 5.41) is 0. The predicted molar refractivity (Wildman–Crippen MR) is 88.1 cm³/mol. The standard InChI is InChI=1S/C15H18BrN5/c16-13-7-12(8-18-9-13)11-20-3-5-21(6-4-20)14-1-2-15(17)19-10-14/h1-2,7-10H,3-6,11H2,(H2,17,19).